The molecule has 9 rings (SSSR count). The van der Waals surface area contributed by atoms with Gasteiger partial charge in [0.15, 0.2) is 25.0 Å². The number of hydrogen-bond acceptors (Lipinski definition) is 22. The molecule has 0 bridgehead atoms. The van der Waals surface area contributed by atoms with Gasteiger partial charge in [-0.1, -0.05) is 53.2 Å². The van der Waals surface area contributed by atoms with Crippen molar-refractivity contribution in [2.45, 2.75) is 235 Å². The minimum atomic E-state index is -1.88. The van der Waals surface area contributed by atoms with Crippen LogP contribution in [0.15, 0.2) is 11.6 Å². The van der Waals surface area contributed by atoms with E-state index in [1.165, 1.54) is 12.5 Å². The summed E-state index contributed by atoms with van der Waals surface area (Å²) in [6, 6.07) is 0. The second-order valence-corrected chi connectivity index (χ2v) is 25.7. The zero-order valence-electron chi connectivity index (χ0n) is 44.2. The number of hydrogen-bond donors (Lipinski definition) is 13. The molecule has 0 aromatic heterocycles. The van der Waals surface area contributed by atoms with Gasteiger partial charge in [0.25, 0.3) is 0 Å². The summed E-state index contributed by atoms with van der Waals surface area (Å²) in [4.78, 5) is 15.3. The summed E-state index contributed by atoms with van der Waals surface area (Å²) in [5, 5.41) is 139. The Balaban J connectivity index is 0.969. The third kappa shape index (κ3) is 9.40. The van der Waals surface area contributed by atoms with Crippen LogP contribution in [0, 0.1) is 50.2 Å². The first-order chi connectivity index (χ1) is 35.2. The van der Waals surface area contributed by atoms with Crippen molar-refractivity contribution in [2.24, 2.45) is 50.2 Å². The van der Waals surface area contributed by atoms with Crippen LogP contribution in [0.1, 0.15) is 113 Å². The van der Waals surface area contributed by atoms with E-state index in [0.717, 1.165) is 12.8 Å². The normalized spacial score (nSPS) is 54.8. The van der Waals surface area contributed by atoms with Crippen molar-refractivity contribution in [1.29, 1.82) is 0 Å². The van der Waals surface area contributed by atoms with Gasteiger partial charge in [0.05, 0.1) is 44.1 Å². The lowest BCUT2D eigenvalue weighted by atomic mass is 9.33. The Kier molecular flexibility index (Phi) is 16.3. The highest BCUT2D eigenvalue weighted by Gasteiger charge is 2.71. The quantitative estimate of drug-likeness (QED) is 0.0643. The Bertz CT molecular complexity index is 2060. The lowest BCUT2D eigenvalue weighted by Gasteiger charge is -2.71. The van der Waals surface area contributed by atoms with Crippen LogP contribution in [0.4, 0.5) is 0 Å². The van der Waals surface area contributed by atoms with Crippen molar-refractivity contribution in [3.05, 3.63) is 11.6 Å². The monoisotopic (exact) mass is 1070 g/mol. The van der Waals surface area contributed by atoms with Crippen LogP contribution in [-0.2, 0) is 42.7 Å². The largest absolute Gasteiger partial charge is 0.432 e. The molecule has 0 aromatic rings. The Morgan fingerprint density at radius 1 is 0.613 bits per heavy atom. The fourth-order valence-corrected chi connectivity index (χ4v) is 16.2. The molecule has 9 aliphatic rings. The van der Waals surface area contributed by atoms with Crippen molar-refractivity contribution in [1.82, 2.24) is 0 Å². The summed E-state index contributed by atoms with van der Waals surface area (Å²) in [5.74, 6) is -0.811. The lowest BCUT2D eigenvalue weighted by Crippen LogP contribution is -2.67. The molecule has 8 fully saturated rings. The molecule has 13 N–H and O–H groups in total. The molecule has 0 spiro atoms. The molecular formula is C53H86O22. The van der Waals surface area contributed by atoms with Crippen LogP contribution in [0.5, 0.6) is 0 Å². The Labute approximate surface area is 437 Å². The van der Waals surface area contributed by atoms with E-state index in [1.54, 1.807) is 0 Å². The van der Waals surface area contributed by atoms with Gasteiger partial charge in [-0.15, -0.1) is 0 Å². The molecule has 430 valence electrons. The second kappa shape index (κ2) is 21.1. The average Bonchev–Trinajstić information content (AvgIpc) is 3.37. The SMILES string of the molecule is CC1OC(OC2C(OC3CCC4(C)C(CCC5(C)C4CC=C4C6CC(C)(C)CCC6(C(=O)OC6OC(CO)C(O)C(O)C6OC6OC(CO)C(O)C(O)C6O)CCC45C)C3(C)CO)OCC(O)C2O)C(O)C(O)C1O. The predicted molar refractivity (Wildman–Crippen MR) is 257 cm³/mol. The molecule has 0 radical (unpaired) electrons. The maximum absolute atomic E-state index is 15.3. The fraction of sp³-hybridized carbons (Fsp3) is 0.943. The molecule has 0 amide bonds. The summed E-state index contributed by atoms with van der Waals surface area (Å²) in [6.07, 6.45) is -21.5. The molecule has 22 heteroatoms. The third-order valence-corrected chi connectivity index (χ3v) is 21.1. The third-order valence-electron chi connectivity index (χ3n) is 21.1. The van der Waals surface area contributed by atoms with Crippen molar-refractivity contribution in [3.8, 4) is 0 Å². The first-order valence-corrected chi connectivity index (χ1v) is 27.3. The number of esters is 1. The van der Waals surface area contributed by atoms with E-state index in [1.807, 2.05) is 6.92 Å². The van der Waals surface area contributed by atoms with Crippen molar-refractivity contribution < 1.29 is 109 Å². The van der Waals surface area contributed by atoms with Gasteiger partial charge in [0.1, 0.15) is 79.4 Å². The molecule has 28 unspecified atom stereocenters. The zero-order valence-corrected chi connectivity index (χ0v) is 44.2. The van der Waals surface area contributed by atoms with E-state index < -0.39 is 158 Å². The number of aliphatic hydroxyl groups excluding tert-OH is 13. The molecule has 75 heavy (non-hydrogen) atoms. The zero-order chi connectivity index (χ0) is 54.7. The fourth-order valence-electron chi connectivity index (χ4n) is 16.2. The van der Waals surface area contributed by atoms with Crippen LogP contribution in [0.25, 0.3) is 0 Å². The van der Waals surface area contributed by atoms with Crippen molar-refractivity contribution in [3.63, 3.8) is 0 Å². The molecule has 28 atom stereocenters. The number of carbonyl (C=O) groups excluding carboxylic acids is 1. The first kappa shape index (κ1) is 58.1. The number of carbonyl (C=O) groups is 1. The summed E-state index contributed by atoms with van der Waals surface area (Å²) >= 11 is 0. The van der Waals surface area contributed by atoms with Gasteiger partial charge in [0, 0.05) is 5.41 Å². The summed E-state index contributed by atoms with van der Waals surface area (Å²) < 4.78 is 48.2. The van der Waals surface area contributed by atoms with E-state index in [-0.39, 0.29) is 47.2 Å². The van der Waals surface area contributed by atoms with Crippen LogP contribution in [0.3, 0.4) is 0 Å². The molecular weight excluding hydrogens is 989 g/mol. The number of rotatable bonds is 11. The second-order valence-electron chi connectivity index (χ2n) is 25.7. The highest BCUT2D eigenvalue weighted by atomic mass is 16.8. The van der Waals surface area contributed by atoms with E-state index in [0.29, 0.717) is 51.4 Å². The van der Waals surface area contributed by atoms with E-state index in [2.05, 4.69) is 40.7 Å². The Morgan fingerprint density at radius 2 is 1.20 bits per heavy atom. The highest BCUT2D eigenvalue weighted by molar-refractivity contribution is 5.79. The standard InChI is InChI=1S/C53H86O22/c1-23-32(58)36(62)39(65)43(69-23)73-41-33(59)26(57)21-68-45(41)72-31-11-12-49(4)29(50(31,5)22-56)10-13-52(7)30(49)9-8-24-25-18-48(2,3)14-16-53(25,17-15-51(24,52)6)47(67)75-46-42(38(64)35(61)28(20-55)71-46)74-44-40(66)37(63)34(60)27(19-54)70-44/h8,23,25-46,54-66H,9-22H2,1-7H3. The summed E-state index contributed by atoms with van der Waals surface area (Å²) in [6.45, 7) is 12.9. The average molecular weight is 1080 g/mol. The first-order valence-electron chi connectivity index (χ1n) is 27.3. The molecule has 22 nitrogen and oxygen atoms in total. The predicted octanol–water partition coefficient (Wildman–Crippen LogP) is -1.40. The van der Waals surface area contributed by atoms with Crippen molar-refractivity contribution in [2.75, 3.05) is 26.4 Å². The van der Waals surface area contributed by atoms with Crippen LogP contribution < -0.4 is 0 Å². The van der Waals surface area contributed by atoms with Crippen LogP contribution >= 0.6 is 0 Å². The van der Waals surface area contributed by atoms with Gasteiger partial charge in [-0.05, 0) is 111 Å². The maximum atomic E-state index is 15.3. The smallest absolute Gasteiger partial charge is 0.315 e. The molecule has 4 aliphatic heterocycles. The minimum Gasteiger partial charge on any atom is -0.432 e. The van der Waals surface area contributed by atoms with Crippen LogP contribution in [-0.4, -0.2) is 222 Å². The molecule has 4 saturated heterocycles. The van der Waals surface area contributed by atoms with Gasteiger partial charge in [-0.2, -0.15) is 0 Å². The Hall–Kier alpha value is -1.59. The minimum absolute atomic E-state index is 0.0543. The van der Waals surface area contributed by atoms with E-state index in [4.69, 9.17) is 37.9 Å². The maximum Gasteiger partial charge on any atom is 0.315 e. The van der Waals surface area contributed by atoms with Gasteiger partial charge >= 0.3 is 5.97 Å². The number of allylic oxidation sites excluding steroid dienone is 2. The summed E-state index contributed by atoms with van der Waals surface area (Å²) in [5.41, 5.74) is -1.85. The molecule has 0 aromatic carbocycles. The molecule has 4 saturated carbocycles. The number of ether oxygens (including phenoxy) is 8. The lowest BCUT2D eigenvalue weighted by molar-refractivity contribution is -0.365. The molecule has 4 heterocycles. The van der Waals surface area contributed by atoms with Crippen LogP contribution in [0.2, 0.25) is 0 Å². The number of aliphatic hydroxyl groups is 13. The topological polar surface area (TPSA) is 354 Å². The van der Waals surface area contributed by atoms with Gasteiger partial charge in [0.2, 0.25) is 6.29 Å². The van der Waals surface area contributed by atoms with E-state index >= 15 is 4.79 Å². The van der Waals surface area contributed by atoms with Gasteiger partial charge in [-0.25, -0.2) is 0 Å². The van der Waals surface area contributed by atoms with Gasteiger partial charge in [-0.3, -0.25) is 4.79 Å². The highest BCUT2D eigenvalue weighted by Crippen LogP contribution is 2.76. The number of fused-ring (bicyclic) bond motifs is 7. The molecule has 5 aliphatic carbocycles. The van der Waals surface area contributed by atoms with Crippen molar-refractivity contribution >= 4 is 5.97 Å². The Morgan fingerprint density at radius 3 is 1.84 bits per heavy atom. The van der Waals surface area contributed by atoms with E-state index in [9.17, 15) is 66.4 Å². The summed E-state index contributed by atoms with van der Waals surface area (Å²) in [7, 11) is 0. The van der Waals surface area contributed by atoms with Gasteiger partial charge < -0.3 is 104 Å².